The predicted molar refractivity (Wildman–Crippen MR) is 128 cm³/mol. The molecule has 33 heavy (non-hydrogen) atoms. The maximum absolute atomic E-state index is 12.7. The van der Waals surface area contributed by atoms with Crippen molar-refractivity contribution in [1.29, 1.82) is 0 Å². The molecular weight excluding hydrogens is 438 g/mol. The molecule has 0 spiro atoms. The molecule has 1 aromatic carbocycles. The second kappa shape index (κ2) is 11.1. The summed E-state index contributed by atoms with van der Waals surface area (Å²) in [5.74, 6) is 0.204. The van der Waals surface area contributed by atoms with Crippen LogP contribution in [0.1, 0.15) is 38.7 Å². The third-order valence-electron chi connectivity index (χ3n) is 5.30. The molecule has 0 amide bonds. The molecule has 0 aliphatic rings. The summed E-state index contributed by atoms with van der Waals surface area (Å²) in [6.07, 6.45) is 0.834. The maximum atomic E-state index is 12.7. The van der Waals surface area contributed by atoms with Crippen LogP contribution in [-0.4, -0.2) is 45.8 Å². The lowest BCUT2D eigenvalue weighted by Gasteiger charge is -2.10. The fraction of sp³-hybridized carbons (Fsp3) is 0.360. The highest BCUT2D eigenvalue weighted by Gasteiger charge is 2.18. The van der Waals surface area contributed by atoms with Gasteiger partial charge in [-0.2, -0.15) is 0 Å². The minimum atomic E-state index is -0.468. The lowest BCUT2D eigenvalue weighted by atomic mass is 10.1. The molecule has 0 aliphatic carbocycles. The number of aromatic nitrogens is 3. The molecule has 0 fully saturated rings. The van der Waals surface area contributed by atoms with Crippen LogP contribution in [0.15, 0.2) is 41.6 Å². The fourth-order valence-corrected chi connectivity index (χ4v) is 4.36. The van der Waals surface area contributed by atoms with Gasteiger partial charge in [0.2, 0.25) is 5.78 Å². The Morgan fingerprint density at radius 1 is 1.00 bits per heavy atom. The number of hydrogen-bond acceptors (Lipinski definition) is 7. The Labute approximate surface area is 198 Å². The van der Waals surface area contributed by atoms with Gasteiger partial charge in [-0.3, -0.25) is 9.59 Å². The molecule has 3 rings (SSSR count). The average molecular weight is 468 g/mol. The summed E-state index contributed by atoms with van der Waals surface area (Å²) in [4.78, 5) is 33.4. The predicted octanol–water partition coefficient (Wildman–Crippen LogP) is 4.28. The zero-order valence-corrected chi connectivity index (χ0v) is 20.5. The van der Waals surface area contributed by atoms with Gasteiger partial charge in [-0.1, -0.05) is 23.9 Å². The van der Waals surface area contributed by atoms with Crippen molar-refractivity contribution in [1.82, 2.24) is 14.5 Å². The highest BCUT2D eigenvalue weighted by Crippen LogP contribution is 2.19. The van der Waals surface area contributed by atoms with E-state index in [1.807, 2.05) is 64.1 Å². The molecule has 0 unspecified atom stereocenters. The standard InChI is InChI=1S/C25H29N3O4S/c1-16-12-17(2)27-25(26-16)33-15-24(30)32-14-23(29)22-13-18(3)28(19(22)4)11-10-20-6-8-21(31-5)9-7-20/h6-9,12-13H,10-11,14-15H2,1-5H3. The third kappa shape index (κ3) is 6.68. The van der Waals surface area contributed by atoms with Gasteiger partial charge in [0.05, 0.1) is 12.9 Å². The van der Waals surface area contributed by atoms with Crippen LogP contribution in [0.3, 0.4) is 0 Å². The monoisotopic (exact) mass is 467 g/mol. The van der Waals surface area contributed by atoms with Gasteiger partial charge in [0.1, 0.15) is 5.75 Å². The fourth-order valence-electron chi connectivity index (χ4n) is 3.61. The van der Waals surface area contributed by atoms with Crippen LogP contribution in [0.4, 0.5) is 0 Å². The lowest BCUT2D eigenvalue weighted by molar-refractivity contribution is -0.139. The molecular formula is C25H29N3O4S. The van der Waals surface area contributed by atoms with E-state index in [0.717, 1.165) is 41.5 Å². The summed E-state index contributed by atoms with van der Waals surface area (Å²) in [5, 5.41) is 0.524. The molecule has 0 N–H and O–H groups in total. The number of benzene rings is 1. The SMILES string of the molecule is COc1ccc(CCn2c(C)cc(C(=O)COC(=O)CSc3nc(C)cc(C)n3)c2C)cc1. The Bertz CT molecular complexity index is 1120. The number of Topliss-reactive ketones (excluding diaryl/α,β-unsaturated/α-hetero) is 1. The minimum absolute atomic E-state index is 0.0526. The molecule has 174 valence electrons. The Morgan fingerprint density at radius 3 is 2.30 bits per heavy atom. The Morgan fingerprint density at radius 2 is 1.67 bits per heavy atom. The first-order valence-electron chi connectivity index (χ1n) is 10.7. The number of thioether (sulfide) groups is 1. The number of nitrogens with zero attached hydrogens (tertiary/aromatic N) is 3. The first-order valence-corrected chi connectivity index (χ1v) is 11.7. The summed E-state index contributed by atoms with van der Waals surface area (Å²) in [6, 6.07) is 11.7. The molecule has 8 heteroatoms. The molecule has 0 saturated heterocycles. The molecule has 2 aromatic heterocycles. The van der Waals surface area contributed by atoms with Crippen LogP contribution in [0.2, 0.25) is 0 Å². The van der Waals surface area contributed by atoms with E-state index in [-0.39, 0.29) is 18.1 Å². The first kappa shape index (κ1) is 24.5. The number of carbonyl (C=O) groups excluding carboxylic acids is 2. The lowest BCUT2D eigenvalue weighted by Crippen LogP contribution is -2.16. The number of carbonyl (C=O) groups is 2. The summed E-state index contributed by atoms with van der Waals surface area (Å²) < 4.78 is 12.5. The molecule has 0 aliphatic heterocycles. The minimum Gasteiger partial charge on any atom is -0.497 e. The summed E-state index contributed by atoms with van der Waals surface area (Å²) >= 11 is 1.20. The molecule has 3 aromatic rings. The number of hydrogen-bond donors (Lipinski definition) is 0. The quantitative estimate of drug-likeness (QED) is 0.190. The first-order chi connectivity index (χ1) is 15.8. The molecule has 0 radical (unpaired) electrons. The maximum Gasteiger partial charge on any atom is 0.316 e. The molecule has 2 heterocycles. The molecule has 7 nitrogen and oxygen atoms in total. The van der Waals surface area contributed by atoms with E-state index >= 15 is 0 Å². The van der Waals surface area contributed by atoms with Gasteiger partial charge in [0, 0.05) is 34.9 Å². The topological polar surface area (TPSA) is 83.3 Å². The second-order valence-electron chi connectivity index (χ2n) is 7.84. The van der Waals surface area contributed by atoms with Gasteiger partial charge in [0.25, 0.3) is 0 Å². The van der Waals surface area contributed by atoms with E-state index in [9.17, 15) is 9.59 Å². The van der Waals surface area contributed by atoms with Crippen LogP contribution >= 0.6 is 11.8 Å². The van der Waals surface area contributed by atoms with Crippen molar-refractivity contribution < 1.29 is 19.1 Å². The number of ether oxygens (including phenoxy) is 2. The third-order valence-corrected chi connectivity index (χ3v) is 6.12. The van der Waals surface area contributed by atoms with Crippen molar-refractivity contribution in [2.45, 2.75) is 45.8 Å². The van der Waals surface area contributed by atoms with Gasteiger partial charge in [-0.05, 0) is 63.9 Å². The van der Waals surface area contributed by atoms with Crippen LogP contribution < -0.4 is 4.74 Å². The van der Waals surface area contributed by atoms with Crippen LogP contribution in [-0.2, 0) is 22.5 Å². The largest absolute Gasteiger partial charge is 0.497 e. The van der Waals surface area contributed by atoms with E-state index in [4.69, 9.17) is 9.47 Å². The van der Waals surface area contributed by atoms with Crippen LogP contribution in [0.25, 0.3) is 0 Å². The molecule has 0 saturated carbocycles. The summed E-state index contributed by atoms with van der Waals surface area (Å²) in [6.45, 7) is 8.12. The highest BCUT2D eigenvalue weighted by molar-refractivity contribution is 7.99. The number of esters is 1. The zero-order valence-electron chi connectivity index (χ0n) is 19.7. The number of rotatable bonds is 10. The van der Waals surface area contributed by atoms with Crippen LogP contribution in [0.5, 0.6) is 5.75 Å². The van der Waals surface area contributed by atoms with E-state index < -0.39 is 5.97 Å². The van der Waals surface area contributed by atoms with Gasteiger partial charge < -0.3 is 14.0 Å². The van der Waals surface area contributed by atoms with Crippen molar-refractivity contribution >= 4 is 23.5 Å². The Balaban J connectivity index is 1.53. The smallest absolute Gasteiger partial charge is 0.316 e. The second-order valence-corrected chi connectivity index (χ2v) is 8.78. The van der Waals surface area contributed by atoms with Gasteiger partial charge in [-0.15, -0.1) is 0 Å². The molecule has 0 bridgehead atoms. The van der Waals surface area contributed by atoms with Gasteiger partial charge in [-0.25, -0.2) is 9.97 Å². The highest BCUT2D eigenvalue weighted by atomic mass is 32.2. The van der Waals surface area contributed by atoms with Crippen molar-refractivity contribution in [3.05, 3.63) is 70.3 Å². The average Bonchev–Trinajstić information content (AvgIpc) is 3.07. The molecule has 0 atom stereocenters. The van der Waals surface area contributed by atoms with Gasteiger partial charge in [0.15, 0.2) is 11.8 Å². The summed E-state index contributed by atoms with van der Waals surface area (Å²) in [7, 11) is 1.65. The number of ketones is 1. The zero-order chi connectivity index (χ0) is 24.0. The number of methoxy groups -OCH3 is 1. The Hall–Kier alpha value is -3.13. The van der Waals surface area contributed by atoms with E-state index in [0.29, 0.717) is 10.7 Å². The van der Waals surface area contributed by atoms with E-state index in [1.54, 1.807) is 7.11 Å². The van der Waals surface area contributed by atoms with Crippen molar-refractivity contribution in [2.75, 3.05) is 19.5 Å². The van der Waals surface area contributed by atoms with E-state index in [1.165, 1.54) is 17.3 Å². The van der Waals surface area contributed by atoms with Crippen LogP contribution in [0, 0.1) is 27.7 Å². The Kier molecular flexibility index (Phi) is 8.27. The summed E-state index contributed by atoms with van der Waals surface area (Å²) in [5.41, 5.74) is 5.33. The van der Waals surface area contributed by atoms with E-state index in [2.05, 4.69) is 14.5 Å². The van der Waals surface area contributed by atoms with Gasteiger partial charge >= 0.3 is 5.97 Å². The van der Waals surface area contributed by atoms with Crippen molar-refractivity contribution in [3.63, 3.8) is 0 Å². The van der Waals surface area contributed by atoms with Crippen molar-refractivity contribution in [3.8, 4) is 5.75 Å². The number of aryl methyl sites for hydroxylation is 4. The normalized spacial score (nSPS) is 10.8. The van der Waals surface area contributed by atoms with Crippen molar-refractivity contribution in [2.24, 2.45) is 0 Å².